The van der Waals surface area contributed by atoms with Crippen LogP contribution in [0.4, 0.5) is 0 Å². The Kier molecular flexibility index (Phi) is 6.45. The number of para-hydroxylation sites is 1. The van der Waals surface area contributed by atoms with Crippen molar-refractivity contribution in [3.05, 3.63) is 53.9 Å². The summed E-state index contributed by atoms with van der Waals surface area (Å²) in [4.78, 5) is 12.3. The highest BCUT2D eigenvalue weighted by Crippen LogP contribution is 2.38. The number of hydrogen-bond donors (Lipinski definition) is 1. The summed E-state index contributed by atoms with van der Waals surface area (Å²) in [5.41, 5.74) is 10.2. The zero-order valence-electron chi connectivity index (χ0n) is 15.5. The highest BCUT2D eigenvalue weighted by molar-refractivity contribution is 6.03. The maximum atomic E-state index is 12.3. The first-order valence-electron chi connectivity index (χ1n) is 8.82. The van der Waals surface area contributed by atoms with Crippen LogP contribution in [0, 0.1) is 6.92 Å². The molecule has 0 saturated carbocycles. The lowest BCUT2D eigenvalue weighted by atomic mass is 9.96. The SMILES string of the molecule is C=CCn1c(C)c(C(N)=O)c(-c2ccccc2OC)c1CCCCC. The number of hydrogen-bond acceptors (Lipinski definition) is 2. The Balaban J connectivity index is 2.75. The minimum atomic E-state index is -0.405. The number of rotatable bonds is 9. The molecule has 0 aliphatic carbocycles. The van der Waals surface area contributed by atoms with Gasteiger partial charge in [0, 0.05) is 29.1 Å². The van der Waals surface area contributed by atoms with Crippen LogP contribution in [0.3, 0.4) is 0 Å². The van der Waals surface area contributed by atoms with E-state index in [1.165, 1.54) is 0 Å². The lowest BCUT2D eigenvalue weighted by Crippen LogP contribution is -2.13. The van der Waals surface area contributed by atoms with Crippen LogP contribution in [-0.4, -0.2) is 17.6 Å². The summed E-state index contributed by atoms with van der Waals surface area (Å²) in [6.07, 6.45) is 6.11. The zero-order chi connectivity index (χ0) is 18.4. The zero-order valence-corrected chi connectivity index (χ0v) is 15.5. The first-order chi connectivity index (χ1) is 12.1. The fourth-order valence-electron chi connectivity index (χ4n) is 3.42. The van der Waals surface area contributed by atoms with Crippen molar-refractivity contribution in [3.8, 4) is 16.9 Å². The second kappa shape index (κ2) is 8.56. The van der Waals surface area contributed by atoms with Crippen molar-refractivity contribution in [2.75, 3.05) is 7.11 Å². The van der Waals surface area contributed by atoms with Gasteiger partial charge >= 0.3 is 0 Å². The van der Waals surface area contributed by atoms with Gasteiger partial charge in [-0.2, -0.15) is 0 Å². The molecule has 0 fully saturated rings. The van der Waals surface area contributed by atoms with E-state index in [2.05, 4.69) is 18.1 Å². The number of carbonyl (C=O) groups excluding carboxylic acids is 1. The van der Waals surface area contributed by atoms with E-state index in [0.717, 1.165) is 53.9 Å². The van der Waals surface area contributed by atoms with Crippen LogP contribution in [0.25, 0.3) is 11.1 Å². The number of allylic oxidation sites excluding steroid dienone is 1. The molecule has 0 atom stereocenters. The molecule has 4 nitrogen and oxygen atoms in total. The van der Waals surface area contributed by atoms with Gasteiger partial charge in [-0.3, -0.25) is 4.79 Å². The van der Waals surface area contributed by atoms with Gasteiger partial charge in [0.25, 0.3) is 5.91 Å². The standard InChI is InChI=1S/C21H28N2O2/c1-5-7-8-12-17-20(16-11-9-10-13-18(16)25-4)19(21(22)24)15(3)23(17)14-6-2/h6,9-11,13H,2,5,7-8,12,14H2,1,3-4H3,(H2,22,24). The maximum Gasteiger partial charge on any atom is 0.251 e. The minimum Gasteiger partial charge on any atom is -0.496 e. The highest BCUT2D eigenvalue weighted by atomic mass is 16.5. The molecule has 1 aromatic heterocycles. The minimum absolute atomic E-state index is 0.405. The Morgan fingerprint density at radius 3 is 2.64 bits per heavy atom. The molecule has 0 aliphatic heterocycles. The number of carbonyl (C=O) groups is 1. The first kappa shape index (κ1) is 18.8. The van der Waals surface area contributed by atoms with E-state index in [0.29, 0.717) is 12.1 Å². The monoisotopic (exact) mass is 340 g/mol. The van der Waals surface area contributed by atoms with Crippen LogP contribution in [0.5, 0.6) is 5.75 Å². The van der Waals surface area contributed by atoms with Gasteiger partial charge in [-0.25, -0.2) is 0 Å². The largest absolute Gasteiger partial charge is 0.496 e. The summed E-state index contributed by atoms with van der Waals surface area (Å²) in [6.45, 7) is 8.65. The van der Waals surface area contributed by atoms with Crippen molar-refractivity contribution >= 4 is 5.91 Å². The molecule has 25 heavy (non-hydrogen) atoms. The molecule has 0 bridgehead atoms. The number of methoxy groups -OCH3 is 1. The van der Waals surface area contributed by atoms with E-state index < -0.39 is 5.91 Å². The molecule has 0 saturated heterocycles. The normalized spacial score (nSPS) is 10.7. The van der Waals surface area contributed by atoms with Crippen LogP contribution in [0.15, 0.2) is 36.9 Å². The molecule has 0 spiro atoms. The summed E-state index contributed by atoms with van der Waals surface area (Å²) < 4.78 is 7.70. The van der Waals surface area contributed by atoms with Gasteiger partial charge in [-0.05, 0) is 25.8 Å². The van der Waals surface area contributed by atoms with Crippen LogP contribution in [0.1, 0.15) is 47.9 Å². The van der Waals surface area contributed by atoms with Crippen LogP contribution in [0.2, 0.25) is 0 Å². The van der Waals surface area contributed by atoms with Gasteiger partial charge in [0.2, 0.25) is 0 Å². The quantitative estimate of drug-likeness (QED) is 0.540. The van der Waals surface area contributed by atoms with Crippen molar-refractivity contribution in [3.63, 3.8) is 0 Å². The maximum absolute atomic E-state index is 12.3. The average Bonchev–Trinajstić information content (AvgIpc) is 2.88. The smallest absolute Gasteiger partial charge is 0.251 e. The summed E-state index contributed by atoms with van der Waals surface area (Å²) in [7, 11) is 1.65. The molecule has 1 heterocycles. The molecule has 2 aromatic rings. The summed E-state index contributed by atoms with van der Waals surface area (Å²) >= 11 is 0. The van der Waals surface area contributed by atoms with Gasteiger partial charge in [0.15, 0.2) is 0 Å². The third kappa shape index (κ3) is 3.78. The van der Waals surface area contributed by atoms with Crippen molar-refractivity contribution < 1.29 is 9.53 Å². The Morgan fingerprint density at radius 2 is 2.04 bits per heavy atom. The predicted molar refractivity (Wildman–Crippen MR) is 103 cm³/mol. The fourth-order valence-corrected chi connectivity index (χ4v) is 3.42. The molecular weight excluding hydrogens is 312 g/mol. The first-order valence-corrected chi connectivity index (χ1v) is 8.82. The van der Waals surface area contributed by atoms with Gasteiger partial charge in [-0.1, -0.05) is 44.0 Å². The van der Waals surface area contributed by atoms with Gasteiger partial charge in [0.1, 0.15) is 5.75 Å². The fraction of sp³-hybridized carbons (Fsp3) is 0.381. The molecular formula is C21H28N2O2. The van der Waals surface area contributed by atoms with E-state index in [9.17, 15) is 4.79 Å². The topological polar surface area (TPSA) is 57.2 Å². The van der Waals surface area contributed by atoms with Gasteiger partial charge < -0.3 is 15.0 Å². The number of ether oxygens (including phenoxy) is 1. The molecule has 1 aromatic carbocycles. The summed E-state index contributed by atoms with van der Waals surface area (Å²) in [5, 5.41) is 0. The van der Waals surface area contributed by atoms with Crippen LogP contribution >= 0.6 is 0 Å². The molecule has 0 unspecified atom stereocenters. The average molecular weight is 340 g/mol. The number of primary amides is 1. The molecule has 2 N–H and O–H groups in total. The van der Waals surface area contributed by atoms with E-state index in [-0.39, 0.29) is 0 Å². The highest BCUT2D eigenvalue weighted by Gasteiger charge is 2.25. The van der Waals surface area contributed by atoms with E-state index >= 15 is 0 Å². The number of benzene rings is 1. The Labute approximate surface area is 150 Å². The summed E-state index contributed by atoms with van der Waals surface area (Å²) in [5.74, 6) is 0.343. The molecule has 0 radical (unpaired) electrons. The second-order valence-electron chi connectivity index (χ2n) is 6.20. The number of nitrogens with zero attached hydrogens (tertiary/aromatic N) is 1. The third-order valence-electron chi connectivity index (χ3n) is 4.58. The third-order valence-corrected chi connectivity index (χ3v) is 4.58. The Morgan fingerprint density at radius 1 is 1.32 bits per heavy atom. The number of aromatic nitrogens is 1. The van der Waals surface area contributed by atoms with E-state index in [4.69, 9.17) is 10.5 Å². The van der Waals surface area contributed by atoms with Crippen molar-refractivity contribution in [2.45, 2.75) is 46.1 Å². The van der Waals surface area contributed by atoms with E-state index in [1.807, 2.05) is 37.3 Å². The Bertz CT molecular complexity index is 759. The number of amides is 1. The molecule has 1 amide bonds. The number of unbranched alkanes of at least 4 members (excludes halogenated alkanes) is 2. The lowest BCUT2D eigenvalue weighted by Gasteiger charge is -2.13. The molecule has 4 heteroatoms. The van der Waals surface area contributed by atoms with Crippen molar-refractivity contribution in [2.24, 2.45) is 5.73 Å². The van der Waals surface area contributed by atoms with Gasteiger partial charge in [0.05, 0.1) is 12.7 Å². The Hall–Kier alpha value is -2.49. The predicted octanol–water partition coefficient (Wildman–Crippen LogP) is 4.49. The molecule has 0 aliphatic rings. The molecule has 134 valence electrons. The van der Waals surface area contributed by atoms with Crippen molar-refractivity contribution in [1.82, 2.24) is 4.57 Å². The van der Waals surface area contributed by atoms with E-state index in [1.54, 1.807) is 7.11 Å². The molecule has 2 rings (SSSR count). The van der Waals surface area contributed by atoms with Crippen LogP contribution < -0.4 is 10.5 Å². The van der Waals surface area contributed by atoms with Crippen LogP contribution in [-0.2, 0) is 13.0 Å². The lowest BCUT2D eigenvalue weighted by molar-refractivity contribution is 0.1000. The number of nitrogens with two attached hydrogens (primary N) is 1. The summed E-state index contributed by atoms with van der Waals surface area (Å²) in [6, 6.07) is 7.78. The van der Waals surface area contributed by atoms with Crippen molar-refractivity contribution in [1.29, 1.82) is 0 Å². The second-order valence-corrected chi connectivity index (χ2v) is 6.20. The van der Waals surface area contributed by atoms with Gasteiger partial charge in [-0.15, -0.1) is 6.58 Å².